The van der Waals surface area contributed by atoms with E-state index in [1.54, 1.807) is 25.1 Å². The van der Waals surface area contributed by atoms with Crippen molar-refractivity contribution in [3.05, 3.63) is 80.5 Å². The number of halogens is 1. The van der Waals surface area contributed by atoms with Crippen LogP contribution in [0.1, 0.15) is 30.9 Å². The summed E-state index contributed by atoms with van der Waals surface area (Å²) < 4.78 is 10.8. The number of nitrogens with zero attached hydrogens (tertiary/aromatic N) is 1. The molecule has 1 heterocycles. The maximum Gasteiger partial charge on any atom is 0.336 e. The van der Waals surface area contributed by atoms with Gasteiger partial charge in [-0.15, -0.1) is 0 Å². The number of esters is 1. The fourth-order valence-electron chi connectivity index (χ4n) is 3.73. The number of aryl methyl sites for hydroxylation is 1. The lowest BCUT2D eigenvalue weighted by molar-refractivity contribution is -0.136. The Morgan fingerprint density at radius 1 is 1.23 bits per heavy atom. The number of carbonyl (C=O) groups is 2. The molecule has 3 rings (SSSR count). The number of allylic oxidation sites excluding steroid dienone is 2. The van der Waals surface area contributed by atoms with Gasteiger partial charge in [0.15, 0.2) is 0 Å². The van der Waals surface area contributed by atoms with Gasteiger partial charge in [-0.2, -0.15) is 5.26 Å². The van der Waals surface area contributed by atoms with Crippen LogP contribution in [0.4, 0.5) is 5.69 Å². The number of hydrogen-bond donors (Lipinski definition) is 2. The van der Waals surface area contributed by atoms with Gasteiger partial charge in [-0.05, 0) is 44.5 Å². The Bertz CT molecular complexity index is 1250. The Hall–Kier alpha value is -3.41. The van der Waals surface area contributed by atoms with Crippen LogP contribution >= 0.6 is 23.4 Å². The van der Waals surface area contributed by atoms with Gasteiger partial charge in [-0.1, -0.05) is 47.6 Å². The number of hydrogen-bond acceptors (Lipinski definition) is 7. The summed E-state index contributed by atoms with van der Waals surface area (Å²) in [5.74, 6) is -0.898. The number of ether oxygens (including phenoxy) is 2. The molecule has 0 fully saturated rings. The molecule has 0 aromatic heterocycles. The predicted molar refractivity (Wildman–Crippen MR) is 138 cm³/mol. The SMILES string of the molecule is CCOc1ccccc1C1C(C#N)=C(SCC(=O)Nc2ccc(C)c(Cl)c2)NC(C)=C1C(=O)OC. The number of anilines is 1. The number of carbonyl (C=O) groups excluding carboxylic acids is 2. The molecule has 2 N–H and O–H groups in total. The number of benzene rings is 2. The van der Waals surface area contributed by atoms with E-state index in [4.69, 9.17) is 21.1 Å². The van der Waals surface area contributed by atoms with Gasteiger partial charge >= 0.3 is 5.97 Å². The van der Waals surface area contributed by atoms with Gasteiger partial charge in [0.05, 0.1) is 47.6 Å². The molecule has 0 saturated heterocycles. The molecule has 1 amide bonds. The zero-order chi connectivity index (χ0) is 25.5. The van der Waals surface area contributed by atoms with Crippen molar-refractivity contribution < 1.29 is 19.1 Å². The van der Waals surface area contributed by atoms with Crippen molar-refractivity contribution in [1.29, 1.82) is 5.26 Å². The van der Waals surface area contributed by atoms with Crippen molar-refractivity contribution in [2.45, 2.75) is 26.7 Å². The zero-order valence-corrected chi connectivity index (χ0v) is 21.5. The van der Waals surface area contributed by atoms with Crippen LogP contribution in [0, 0.1) is 18.3 Å². The highest BCUT2D eigenvalue weighted by atomic mass is 35.5. The van der Waals surface area contributed by atoms with Crippen molar-refractivity contribution in [1.82, 2.24) is 5.32 Å². The molecule has 0 spiro atoms. The fraction of sp³-hybridized carbons (Fsp3) is 0.269. The number of nitriles is 1. The minimum absolute atomic E-state index is 0.0413. The summed E-state index contributed by atoms with van der Waals surface area (Å²) in [6, 6.07) is 14.8. The molecule has 0 saturated carbocycles. The zero-order valence-electron chi connectivity index (χ0n) is 19.9. The Morgan fingerprint density at radius 3 is 2.63 bits per heavy atom. The molecule has 182 valence electrons. The molecule has 35 heavy (non-hydrogen) atoms. The first-order valence-corrected chi connectivity index (χ1v) is 12.3. The summed E-state index contributed by atoms with van der Waals surface area (Å²) in [6.07, 6.45) is 0. The number of rotatable bonds is 8. The summed E-state index contributed by atoms with van der Waals surface area (Å²) in [5.41, 5.74) is 3.34. The van der Waals surface area contributed by atoms with Crippen LogP contribution in [-0.4, -0.2) is 31.3 Å². The maximum atomic E-state index is 12.7. The Kier molecular flexibility index (Phi) is 8.85. The monoisotopic (exact) mass is 511 g/mol. The molecular formula is C26H26ClN3O4S. The van der Waals surface area contributed by atoms with Crippen molar-refractivity contribution in [2.24, 2.45) is 0 Å². The standard InChI is InChI=1S/C26H26ClN3O4S/c1-5-34-21-9-7-6-8-18(21)24-19(13-28)25(29-16(3)23(24)26(32)33-4)35-14-22(31)30-17-11-10-15(2)20(27)12-17/h6-12,24,29H,5,14H2,1-4H3,(H,30,31). The summed E-state index contributed by atoms with van der Waals surface area (Å²) in [7, 11) is 1.30. The second-order valence-corrected chi connectivity index (χ2v) is 9.11. The average molecular weight is 512 g/mol. The number of nitrogens with one attached hydrogen (secondary N) is 2. The van der Waals surface area contributed by atoms with Gasteiger partial charge in [0, 0.05) is 22.0 Å². The van der Waals surface area contributed by atoms with E-state index in [9.17, 15) is 14.9 Å². The minimum atomic E-state index is -0.710. The quantitative estimate of drug-likeness (QED) is 0.464. The lowest BCUT2D eigenvalue weighted by atomic mass is 9.82. The van der Waals surface area contributed by atoms with E-state index in [1.807, 2.05) is 38.1 Å². The van der Waals surface area contributed by atoms with E-state index in [1.165, 1.54) is 18.9 Å². The highest BCUT2D eigenvalue weighted by Gasteiger charge is 2.37. The van der Waals surface area contributed by atoms with E-state index in [2.05, 4.69) is 16.7 Å². The largest absolute Gasteiger partial charge is 0.494 e. The van der Waals surface area contributed by atoms with Crippen LogP contribution in [-0.2, 0) is 14.3 Å². The molecule has 7 nitrogen and oxygen atoms in total. The van der Waals surface area contributed by atoms with Gasteiger partial charge in [0.2, 0.25) is 5.91 Å². The van der Waals surface area contributed by atoms with Crippen molar-refractivity contribution in [3.8, 4) is 11.8 Å². The van der Waals surface area contributed by atoms with E-state index >= 15 is 0 Å². The number of para-hydroxylation sites is 1. The normalized spacial score (nSPS) is 15.3. The predicted octanol–water partition coefficient (Wildman–Crippen LogP) is 5.29. The minimum Gasteiger partial charge on any atom is -0.494 e. The Balaban J connectivity index is 1.93. The van der Waals surface area contributed by atoms with Crippen LogP contribution < -0.4 is 15.4 Å². The molecular weight excluding hydrogens is 486 g/mol. The average Bonchev–Trinajstić information content (AvgIpc) is 2.84. The van der Waals surface area contributed by atoms with Crippen LogP contribution in [0.5, 0.6) is 5.75 Å². The first-order chi connectivity index (χ1) is 16.8. The summed E-state index contributed by atoms with van der Waals surface area (Å²) in [6.45, 7) is 5.91. The Morgan fingerprint density at radius 2 is 1.97 bits per heavy atom. The number of methoxy groups -OCH3 is 1. The lowest BCUT2D eigenvalue weighted by Gasteiger charge is -2.30. The van der Waals surface area contributed by atoms with Gasteiger partial charge < -0.3 is 20.1 Å². The Labute approximate surface area is 214 Å². The third kappa shape index (κ3) is 5.99. The number of dihydropyridines is 1. The topological polar surface area (TPSA) is 100 Å². The van der Waals surface area contributed by atoms with Gasteiger partial charge in [-0.3, -0.25) is 4.79 Å². The number of thioether (sulfide) groups is 1. The molecule has 0 aliphatic carbocycles. The van der Waals surface area contributed by atoms with Gasteiger partial charge in [-0.25, -0.2) is 4.79 Å². The van der Waals surface area contributed by atoms with Crippen molar-refractivity contribution in [2.75, 3.05) is 24.8 Å². The first kappa shape index (κ1) is 26.2. The van der Waals surface area contributed by atoms with Crippen LogP contribution in [0.3, 0.4) is 0 Å². The highest BCUT2D eigenvalue weighted by molar-refractivity contribution is 8.03. The van der Waals surface area contributed by atoms with Gasteiger partial charge in [0.1, 0.15) is 5.75 Å². The third-order valence-electron chi connectivity index (χ3n) is 5.39. The van der Waals surface area contributed by atoms with Crippen LogP contribution in [0.15, 0.2) is 64.3 Å². The summed E-state index contributed by atoms with van der Waals surface area (Å²) in [4.78, 5) is 25.4. The smallest absolute Gasteiger partial charge is 0.336 e. The van der Waals surface area contributed by atoms with E-state index in [0.29, 0.717) is 50.5 Å². The third-order valence-corrected chi connectivity index (χ3v) is 6.81. The molecule has 9 heteroatoms. The molecule has 0 bridgehead atoms. The highest BCUT2D eigenvalue weighted by Crippen LogP contribution is 2.44. The summed E-state index contributed by atoms with van der Waals surface area (Å²) >= 11 is 7.33. The lowest BCUT2D eigenvalue weighted by Crippen LogP contribution is -2.29. The molecule has 1 atom stereocenters. The van der Waals surface area contributed by atoms with Crippen LogP contribution in [0.2, 0.25) is 5.02 Å². The van der Waals surface area contributed by atoms with E-state index in [0.717, 1.165) is 5.56 Å². The molecule has 1 aliphatic rings. The second kappa shape index (κ2) is 11.8. The molecule has 2 aromatic carbocycles. The molecule has 1 aliphatic heterocycles. The van der Waals surface area contributed by atoms with E-state index < -0.39 is 11.9 Å². The van der Waals surface area contributed by atoms with Crippen LogP contribution in [0.25, 0.3) is 0 Å². The van der Waals surface area contributed by atoms with E-state index in [-0.39, 0.29) is 11.7 Å². The van der Waals surface area contributed by atoms with Gasteiger partial charge in [0.25, 0.3) is 0 Å². The molecule has 0 radical (unpaired) electrons. The first-order valence-electron chi connectivity index (χ1n) is 10.9. The maximum absolute atomic E-state index is 12.7. The summed E-state index contributed by atoms with van der Waals surface area (Å²) in [5, 5.41) is 17.1. The van der Waals surface area contributed by atoms with Crippen molar-refractivity contribution >= 4 is 40.9 Å². The second-order valence-electron chi connectivity index (χ2n) is 7.71. The van der Waals surface area contributed by atoms with Crippen molar-refractivity contribution in [3.63, 3.8) is 0 Å². The molecule has 2 aromatic rings. The molecule has 1 unspecified atom stereocenters. The fourth-order valence-corrected chi connectivity index (χ4v) is 4.80. The number of amides is 1.